The Bertz CT molecular complexity index is 900. The van der Waals surface area contributed by atoms with Crippen LogP contribution in [0.1, 0.15) is 36.8 Å². The first-order valence-electron chi connectivity index (χ1n) is 7.93. The number of ether oxygens (including phenoxy) is 2. The van der Waals surface area contributed by atoms with Gasteiger partial charge in [0, 0.05) is 22.8 Å². The van der Waals surface area contributed by atoms with Crippen LogP contribution in [0, 0.1) is 17.2 Å². The number of nitrogens with one attached hydrogen (secondary N) is 1. The van der Waals surface area contributed by atoms with E-state index in [4.69, 9.17) is 4.74 Å². The fourth-order valence-electron chi connectivity index (χ4n) is 3.39. The molecule has 1 aromatic carbocycles. The third-order valence-corrected chi connectivity index (χ3v) is 4.37. The summed E-state index contributed by atoms with van der Waals surface area (Å²) in [5.41, 5.74) is 1.85. The van der Waals surface area contributed by atoms with Gasteiger partial charge in [-0.1, -0.05) is 25.5 Å². The third-order valence-electron chi connectivity index (χ3n) is 4.37. The van der Waals surface area contributed by atoms with Crippen molar-refractivity contribution < 1.29 is 18.3 Å². The normalized spacial score (nSPS) is 22.9. The zero-order valence-corrected chi connectivity index (χ0v) is 13.3. The molecule has 0 spiro atoms. The lowest BCUT2D eigenvalue weighted by atomic mass is 9.76. The minimum atomic E-state index is -3.71. The van der Waals surface area contributed by atoms with Gasteiger partial charge in [-0.3, -0.25) is 5.10 Å². The molecule has 0 radical (unpaired) electrons. The summed E-state index contributed by atoms with van der Waals surface area (Å²) in [4.78, 5) is 4.50. The molecule has 0 saturated heterocycles. The molecular weight excluding hydrogens is 330 g/mol. The average Bonchev–Trinajstić information content (AvgIpc) is 3.15. The highest BCUT2D eigenvalue weighted by molar-refractivity contribution is 5.94. The molecule has 0 amide bonds. The van der Waals surface area contributed by atoms with E-state index in [1.54, 1.807) is 18.3 Å². The summed E-state index contributed by atoms with van der Waals surface area (Å²) in [6, 6.07) is 6.97. The van der Waals surface area contributed by atoms with Crippen molar-refractivity contribution in [3.05, 3.63) is 35.5 Å². The Balaban J connectivity index is 1.88. The van der Waals surface area contributed by atoms with Crippen molar-refractivity contribution in [2.24, 2.45) is 10.9 Å². The minimum Gasteiger partial charge on any atom is -0.395 e. The molecule has 0 bridgehead atoms. The van der Waals surface area contributed by atoms with Crippen LogP contribution in [0.15, 0.2) is 29.4 Å². The number of hydrogen-bond donors (Lipinski definition) is 1. The Morgan fingerprint density at radius 3 is 2.92 bits per heavy atom. The topological polar surface area (TPSA) is 83.3 Å². The van der Waals surface area contributed by atoms with Gasteiger partial charge in [0.2, 0.25) is 0 Å². The van der Waals surface area contributed by atoms with E-state index in [9.17, 15) is 14.0 Å². The number of para-hydroxylation sites is 1. The number of fused-ring (bicyclic) bond motifs is 2. The molecule has 8 heteroatoms. The van der Waals surface area contributed by atoms with Gasteiger partial charge in [-0.2, -0.15) is 10.4 Å². The maximum Gasteiger partial charge on any atom is 0.586 e. The number of halogens is 2. The molecule has 0 aliphatic carbocycles. The number of nitrogens with zero attached hydrogens (tertiary/aromatic N) is 3. The van der Waals surface area contributed by atoms with Crippen LogP contribution < -0.4 is 9.47 Å². The van der Waals surface area contributed by atoms with Gasteiger partial charge in [-0.05, 0) is 12.5 Å². The van der Waals surface area contributed by atoms with Crippen LogP contribution in [0.25, 0.3) is 0 Å². The second kappa shape index (κ2) is 5.55. The van der Waals surface area contributed by atoms with E-state index in [1.165, 1.54) is 6.07 Å². The highest BCUT2D eigenvalue weighted by Crippen LogP contribution is 2.51. The summed E-state index contributed by atoms with van der Waals surface area (Å²) in [6.07, 6.45) is -0.688. The number of aliphatic imine (C=N–C) groups is 1. The van der Waals surface area contributed by atoms with Crippen molar-refractivity contribution in [3.8, 4) is 17.6 Å². The van der Waals surface area contributed by atoms with Gasteiger partial charge < -0.3 is 9.47 Å². The Kier molecular flexibility index (Phi) is 3.46. The van der Waals surface area contributed by atoms with Crippen molar-refractivity contribution in [2.45, 2.75) is 32.0 Å². The van der Waals surface area contributed by atoms with Crippen LogP contribution in [0.5, 0.6) is 11.5 Å². The number of benzene rings is 1. The fourth-order valence-corrected chi connectivity index (χ4v) is 3.39. The van der Waals surface area contributed by atoms with Gasteiger partial charge in [0.05, 0.1) is 18.2 Å². The molecule has 1 N–H and O–H groups in total. The second-order valence-corrected chi connectivity index (χ2v) is 5.95. The van der Waals surface area contributed by atoms with Crippen molar-refractivity contribution in [3.63, 3.8) is 0 Å². The number of H-pyrrole nitrogens is 1. The molecule has 25 heavy (non-hydrogen) atoms. The molecule has 2 unspecified atom stereocenters. The summed E-state index contributed by atoms with van der Waals surface area (Å²) >= 11 is 0. The van der Waals surface area contributed by atoms with Crippen molar-refractivity contribution in [1.29, 1.82) is 5.26 Å². The number of rotatable bonds is 3. The summed E-state index contributed by atoms with van der Waals surface area (Å²) in [5.74, 6) is -0.630. The molecule has 0 fully saturated rings. The molecule has 2 aliphatic heterocycles. The number of aromatic amines is 1. The Hall–Kier alpha value is -2.95. The molecule has 2 atom stereocenters. The van der Waals surface area contributed by atoms with Crippen LogP contribution in [0.2, 0.25) is 0 Å². The average molecular weight is 344 g/mol. The van der Waals surface area contributed by atoms with E-state index in [1.807, 2.05) is 6.92 Å². The molecule has 1 aromatic heterocycles. The summed E-state index contributed by atoms with van der Waals surface area (Å²) < 4.78 is 36.4. The standard InChI is InChI=1S/C17H14F2N4O2/c1-2-4-12-10(7-20)14(11-8-21-23-16(11)22-12)9-5-3-6-13-15(9)25-17(18,19)24-13/h3,5-6,8,10,14H,2,4H2,1H3,(H,21,23). The summed E-state index contributed by atoms with van der Waals surface area (Å²) in [7, 11) is 0. The zero-order valence-electron chi connectivity index (χ0n) is 13.3. The molecule has 0 saturated carbocycles. The molecule has 4 rings (SSSR count). The summed E-state index contributed by atoms with van der Waals surface area (Å²) in [6.45, 7) is 1.99. The lowest BCUT2D eigenvalue weighted by molar-refractivity contribution is -0.287. The van der Waals surface area contributed by atoms with E-state index in [0.29, 0.717) is 29.1 Å². The SMILES string of the molecule is CCCC1=Nc2[nH]ncc2C(c2cccc3c2OC(F)(F)O3)C1C#N. The minimum absolute atomic E-state index is 0.0382. The third kappa shape index (κ3) is 2.43. The Morgan fingerprint density at radius 2 is 2.16 bits per heavy atom. The Labute approximate surface area is 142 Å². The highest BCUT2D eigenvalue weighted by atomic mass is 19.3. The van der Waals surface area contributed by atoms with Gasteiger partial charge in [0.1, 0.15) is 0 Å². The van der Waals surface area contributed by atoms with E-state index >= 15 is 0 Å². The summed E-state index contributed by atoms with van der Waals surface area (Å²) in [5, 5.41) is 16.6. The smallest absolute Gasteiger partial charge is 0.395 e. The quantitative estimate of drug-likeness (QED) is 0.915. The van der Waals surface area contributed by atoms with Crippen molar-refractivity contribution in [2.75, 3.05) is 0 Å². The number of nitriles is 1. The first-order chi connectivity index (χ1) is 12.0. The zero-order chi connectivity index (χ0) is 17.6. The van der Waals surface area contributed by atoms with Crippen molar-refractivity contribution >= 4 is 11.5 Å². The predicted molar refractivity (Wildman–Crippen MR) is 84.2 cm³/mol. The maximum absolute atomic E-state index is 13.5. The monoisotopic (exact) mass is 344 g/mol. The van der Waals surface area contributed by atoms with Crippen LogP contribution in [-0.2, 0) is 0 Å². The largest absolute Gasteiger partial charge is 0.586 e. The predicted octanol–water partition coefficient (Wildman–Crippen LogP) is 3.89. The van der Waals surface area contributed by atoms with Gasteiger partial charge in [-0.15, -0.1) is 8.78 Å². The molecule has 2 aromatic rings. The van der Waals surface area contributed by atoms with Crippen LogP contribution >= 0.6 is 0 Å². The van der Waals surface area contributed by atoms with Crippen LogP contribution in [-0.4, -0.2) is 22.2 Å². The van der Waals surface area contributed by atoms with Gasteiger partial charge in [-0.25, -0.2) is 4.99 Å². The van der Waals surface area contributed by atoms with Crippen LogP contribution in [0.3, 0.4) is 0 Å². The molecule has 3 heterocycles. The fraction of sp³-hybridized carbons (Fsp3) is 0.353. The van der Waals surface area contributed by atoms with E-state index < -0.39 is 18.1 Å². The first kappa shape index (κ1) is 15.6. The number of hydrogen-bond acceptors (Lipinski definition) is 5. The van der Waals surface area contributed by atoms with Crippen molar-refractivity contribution in [1.82, 2.24) is 10.2 Å². The van der Waals surface area contributed by atoms with Gasteiger partial charge >= 0.3 is 6.29 Å². The molecule has 2 aliphatic rings. The molecule has 128 valence electrons. The van der Waals surface area contributed by atoms with E-state index in [2.05, 4.69) is 26.0 Å². The van der Waals surface area contributed by atoms with E-state index in [0.717, 1.165) is 6.42 Å². The van der Waals surface area contributed by atoms with Gasteiger partial charge in [0.25, 0.3) is 0 Å². The van der Waals surface area contributed by atoms with E-state index in [-0.39, 0.29) is 11.5 Å². The van der Waals surface area contributed by atoms with Gasteiger partial charge in [0.15, 0.2) is 17.3 Å². The molecular formula is C17H14F2N4O2. The maximum atomic E-state index is 13.5. The Morgan fingerprint density at radius 1 is 1.32 bits per heavy atom. The number of alkyl halides is 2. The first-order valence-corrected chi connectivity index (χ1v) is 7.93. The lowest BCUT2D eigenvalue weighted by Gasteiger charge is -2.27. The van der Waals surface area contributed by atoms with Crippen LogP contribution in [0.4, 0.5) is 14.6 Å². The number of aromatic nitrogens is 2. The highest BCUT2D eigenvalue weighted by Gasteiger charge is 2.47. The molecule has 6 nitrogen and oxygen atoms in total. The lowest BCUT2D eigenvalue weighted by Crippen LogP contribution is -2.27. The second-order valence-electron chi connectivity index (χ2n) is 5.95.